The van der Waals surface area contributed by atoms with E-state index in [0.29, 0.717) is 19.0 Å². The molecule has 0 radical (unpaired) electrons. The van der Waals surface area contributed by atoms with Crippen LogP contribution in [0.4, 0.5) is 0 Å². The zero-order valence-electron chi connectivity index (χ0n) is 12.3. The van der Waals surface area contributed by atoms with Crippen LogP contribution in [0.1, 0.15) is 18.9 Å². The summed E-state index contributed by atoms with van der Waals surface area (Å²) in [5.74, 6) is 0.690. The predicted octanol–water partition coefficient (Wildman–Crippen LogP) is 1.12. The Bertz CT molecular complexity index is 528. The number of nitrogens with zero attached hydrogens (tertiary/aromatic N) is 1. The number of morpholine rings is 1. The largest absolute Gasteiger partial charge is 0.508 e. The lowest BCUT2D eigenvalue weighted by Crippen LogP contribution is -2.56. The second-order valence-corrected chi connectivity index (χ2v) is 6.21. The number of ether oxygens (including phenoxy) is 1. The average molecular weight is 290 g/mol. The smallest absolute Gasteiger partial charge is 0.248 e. The van der Waals surface area contributed by atoms with Crippen molar-refractivity contribution in [2.24, 2.45) is 5.92 Å². The van der Waals surface area contributed by atoms with Crippen LogP contribution in [0.25, 0.3) is 0 Å². The number of carbonyl (C=O) groups is 1. The molecule has 2 fully saturated rings. The lowest BCUT2D eigenvalue weighted by atomic mass is 9.86. The molecule has 2 aliphatic heterocycles. The molecule has 1 amide bonds. The van der Waals surface area contributed by atoms with Gasteiger partial charge in [0.1, 0.15) is 12.4 Å². The summed E-state index contributed by atoms with van der Waals surface area (Å²) < 4.78 is 5.87. The van der Waals surface area contributed by atoms with Crippen LogP contribution in [0.5, 0.6) is 5.75 Å². The minimum atomic E-state index is -0.283. The number of amides is 1. The van der Waals surface area contributed by atoms with Gasteiger partial charge in [-0.05, 0) is 37.6 Å². The molecule has 5 nitrogen and oxygen atoms in total. The standard InChI is InChI=1S/C16H22N2O3/c1-16(13-5-6-17-8-13)11-18(15(20)10-21-16)9-12-3-2-4-14(19)7-12/h2-4,7,13,17,19H,5-6,8-11H2,1H3. The van der Waals surface area contributed by atoms with Crippen LogP contribution in [0, 0.1) is 5.92 Å². The summed E-state index contributed by atoms with van der Waals surface area (Å²) in [5, 5.41) is 12.9. The molecule has 0 spiro atoms. The van der Waals surface area contributed by atoms with Crippen LogP contribution in [0.15, 0.2) is 24.3 Å². The van der Waals surface area contributed by atoms with Gasteiger partial charge in [0.25, 0.3) is 0 Å². The molecular weight excluding hydrogens is 268 g/mol. The van der Waals surface area contributed by atoms with E-state index in [-0.39, 0.29) is 23.9 Å². The Labute approximate surface area is 124 Å². The van der Waals surface area contributed by atoms with Crippen molar-refractivity contribution in [3.05, 3.63) is 29.8 Å². The van der Waals surface area contributed by atoms with Crippen LogP contribution in [-0.4, -0.2) is 47.8 Å². The fourth-order valence-electron chi connectivity index (χ4n) is 3.27. The number of hydrogen-bond acceptors (Lipinski definition) is 4. The van der Waals surface area contributed by atoms with Crippen molar-refractivity contribution in [1.29, 1.82) is 0 Å². The van der Waals surface area contributed by atoms with Gasteiger partial charge in [0.2, 0.25) is 5.91 Å². The van der Waals surface area contributed by atoms with E-state index in [9.17, 15) is 9.90 Å². The number of hydrogen-bond donors (Lipinski definition) is 2. The Balaban J connectivity index is 1.72. The van der Waals surface area contributed by atoms with Crippen molar-refractivity contribution in [2.75, 3.05) is 26.2 Å². The Hall–Kier alpha value is -1.59. The van der Waals surface area contributed by atoms with Gasteiger partial charge in [0, 0.05) is 19.0 Å². The Morgan fingerprint density at radius 2 is 2.38 bits per heavy atom. The van der Waals surface area contributed by atoms with Gasteiger partial charge in [0.15, 0.2) is 0 Å². The molecule has 2 aliphatic rings. The third-order valence-corrected chi connectivity index (χ3v) is 4.59. The average Bonchev–Trinajstić information content (AvgIpc) is 2.98. The lowest BCUT2D eigenvalue weighted by molar-refractivity contribution is -0.169. The van der Waals surface area contributed by atoms with Crippen molar-refractivity contribution in [3.63, 3.8) is 0 Å². The van der Waals surface area contributed by atoms with Crippen LogP contribution in [0.3, 0.4) is 0 Å². The van der Waals surface area contributed by atoms with Crippen molar-refractivity contribution in [1.82, 2.24) is 10.2 Å². The van der Waals surface area contributed by atoms with Crippen molar-refractivity contribution in [2.45, 2.75) is 25.5 Å². The molecule has 1 aromatic rings. The van der Waals surface area contributed by atoms with Crippen LogP contribution < -0.4 is 5.32 Å². The van der Waals surface area contributed by atoms with Gasteiger partial charge in [-0.2, -0.15) is 0 Å². The summed E-state index contributed by atoms with van der Waals surface area (Å²) in [4.78, 5) is 14.0. The number of carbonyl (C=O) groups excluding carboxylic acids is 1. The van der Waals surface area contributed by atoms with Crippen LogP contribution in [0.2, 0.25) is 0 Å². The maximum absolute atomic E-state index is 12.1. The van der Waals surface area contributed by atoms with Gasteiger partial charge in [0.05, 0.1) is 12.1 Å². The third kappa shape index (κ3) is 3.04. The molecule has 5 heteroatoms. The van der Waals surface area contributed by atoms with E-state index in [0.717, 1.165) is 25.1 Å². The molecule has 2 N–H and O–H groups in total. The summed E-state index contributed by atoms with van der Waals surface area (Å²) in [7, 11) is 0. The lowest BCUT2D eigenvalue weighted by Gasteiger charge is -2.43. The van der Waals surface area contributed by atoms with E-state index < -0.39 is 0 Å². The highest BCUT2D eigenvalue weighted by Gasteiger charge is 2.43. The number of phenolic OH excluding ortho intramolecular Hbond substituents is 1. The fourth-order valence-corrected chi connectivity index (χ4v) is 3.27. The summed E-state index contributed by atoms with van der Waals surface area (Å²) in [6.07, 6.45) is 1.09. The number of benzene rings is 1. The maximum Gasteiger partial charge on any atom is 0.248 e. The van der Waals surface area contributed by atoms with Crippen LogP contribution in [-0.2, 0) is 16.1 Å². The van der Waals surface area contributed by atoms with Gasteiger partial charge < -0.3 is 20.1 Å². The first-order chi connectivity index (χ1) is 10.1. The molecule has 2 unspecified atom stereocenters. The number of phenols is 1. The molecule has 2 saturated heterocycles. The Morgan fingerprint density at radius 3 is 3.10 bits per heavy atom. The van der Waals surface area contributed by atoms with Gasteiger partial charge in [-0.3, -0.25) is 4.79 Å². The Kier molecular flexibility index (Phi) is 3.87. The number of rotatable bonds is 3. The number of nitrogens with one attached hydrogen (secondary N) is 1. The maximum atomic E-state index is 12.1. The van der Waals surface area contributed by atoms with Gasteiger partial charge in [-0.25, -0.2) is 0 Å². The molecule has 3 rings (SSSR count). The van der Waals surface area contributed by atoms with E-state index in [4.69, 9.17) is 4.74 Å². The van der Waals surface area contributed by atoms with Crippen molar-refractivity contribution in [3.8, 4) is 5.75 Å². The highest BCUT2D eigenvalue weighted by molar-refractivity contribution is 5.78. The number of aromatic hydroxyl groups is 1. The molecule has 0 aliphatic carbocycles. The van der Waals surface area contributed by atoms with Gasteiger partial charge in [-0.1, -0.05) is 12.1 Å². The highest BCUT2D eigenvalue weighted by atomic mass is 16.5. The molecule has 114 valence electrons. The SMILES string of the molecule is CC1(C2CCNC2)CN(Cc2cccc(O)c2)C(=O)CO1. The highest BCUT2D eigenvalue weighted by Crippen LogP contribution is 2.31. The Morgan fingerprint density at radius 1 is 1.52 bits per heavy atom. The topological polar surface area (TPSA) is 61.8 Å². The first-order valence-corrected chi connectivity index (χ1v) is 7.47. The summed E-state index contributed by atoms with van der Waals surface area (Å²) in [5.41, 5.74) is 0.658. The monoisotopic (exact) mass is 290 g/mol. The minimum Gasteiger partial charge on any atom is -0.508 e. The molecular formula is C16H22N2O3. The second kappa shape index (κ2) is 5.66. The quantitative estimate of drug-likeness (QED) is 0.876. The summed E-state index contributed by atoms with van der Waals surface area (Å²) in [6.45, 7) is 5.34. The van der Waals surface area contributed by atoms with E-state index >= 15 is 0 Å². The summed E-state index contributed by atoms with van der Waals surface area (Å²) in [6, 6.07) is 7.07. The minimum absolute atomic E-state index is 0.0155. The molecule has 0 bridgehead atoms. The molecule has 2 atom stereocenters. The molecule has 0 saturated carbocycles. The fraction of sp³-hybridized carbons (Fsp3) is 0.562. The second-order valence-electron chi connectivity index (χ2n) is 6.21. The molecule has 21 heavy (non-hydrogen) atoms. The van der Waals surface area contributed by atoms with Crippen molar-refractivity contribution >= 4 is 5.91 Å². The zero-order chi connectivity index (χ0) is 14.9. The summed E-state index contributed by atoms with van der Waals surface area (Å²) >= 11 is 0. The van der Waals surface area contributed by atoms with Gasteiger partial charge in [-0.15, -0.1) is 0 Å². The van der Waals surface area contributed by atoms with Crippen molar-refractivity contribution < 1.29 is 14.6 Å². The normalized spacial score (nSPS) is 29.9. The van der Waals surface area contributed by atoms with E-state index in [2.05, 4.69) is 12.2 Å². The third-order valence-electron chi connectivity index (χ3n) is 4.59. The molecule has 0 aromatic heterocycles. The first-order valence-electron chi connectivity index (χ1n) is 7.47. The van der Waals surface area contributed by atoms with E-state index in [1.165, 1.54) is 0 Å². The predicted molar refractivity (Wildman–Crippen MR) is 78.9 cm³/mol. The van der Waals surface area contributed by atoms with Crippen LogP contribution >= 0.6 is 0 Å². The van der Waals surface area contributed by atoms with E-state index in [1.807, 2.05) is 11.0 Å². The molecule has 1 aromatic carbocycles. The first kappa shape index (κ1) is 14.4. The van der Waals surface area contributed by atoms with Gasteiger partial charge >= 0.3 is 0 Å². The molecule has 2 heterocycles. The zero-order valence-corrected chi connectivity index (χ0v) is 12.3. The van der Waals surface area contributed by atoms with E-state index in [1.54, 1.807) is 18.2 Å².